The first-order valence-electron chi connectivity index (χ1n) is 4.41. The summed E-state index contributed by atoms with van der Waals surface area (Å²) in [5.74, 6) is 0. The van der Waals surface area contributed by atoms with E-state index >= 15 is 0 Å². The zero-order valence-corrected chi connectivity index (χ0v) is 7.72. The van der Waals surface area contributed by atoms with Gasteiger partial charge in [-0.25, -0.2) is 0 Å². The maximum atomic E-state index is 4.40. The minimum Gasteiger partial charge on any atom is -0.268 e. The Hall–Kier alpha value is -1.05. The molecule has 0 aromatic carbocycles. The normalized spacial score (nSPS) is 16.3. The smallest absolute Gasteiger partial charge is 0.0667 e. The molecule has 1 heterocycles. The molecule has 0 N–H and O–H groups in total. The van der Waals surface area contributed by atoms with Crippen LogP contribution in [-0.2, 0) is 13.5 Å². The fourth-order valence-electron chi connectivity index (χ4n) is 2.04. The summed E-state index contributed by atoms with van der Waals surface area (Å²) in [4.78, 5) is 0. The summed E-state index contributed by atoms with van der Waals surface area (Å²) in [5, 5.41) is 4.40. The lowest BCUT2D eigenvalue weighted by Gasteiger charge is -2.14. The van der Waals surface area contributed by atoms with Gasteiger partial charge in [-0.15, -0.1) is 0 Å². The molecule has 1 aliphatic carbocycles. The molecule has 2 nitrogen and oxygen atoms in total. The molecule has 12 heavy (non-hydrogen) atoms. The molecule has 1 aliphatic rings. The first-order chi connectivity index (χ1) is 5.70. The van der Waals surface area contributed by atoms with Crippen molar-refractivity contribution in [2.45, 2.75) is 26.2 Å². The maximum Gasteiger partial charge on any atom is 0.0667 e. The number of nitrogens with zero attached hydrogens (tertiary/aromatic N) is 2. The highest BCUT2D eigenvalue weighted by Gasteiger charge is 2.19. The predicted octanol–water partition coefficient (Wildman–Crippen LogP) is 2.08. The highest BCUT2D eigenvalue weighted by atomic mass is 15.3. The maximum absolute atomic E-state index is 4.40. The van der Waals surface area contributed by atoms with Crippen molar-refractivity contribution in [2.75, 3.05) is 0 Å². The number of rotatable bonds is 0. The van der Waals surface area contributed by atoms with Gasteiger partial charge in [-0.1, -0.05) is 6.58 Å². The first-order valence-corrected chi connectivity index (χ1v) is 4.41. The molecule has 0 radical (unpaired) electrons. The molecule has 1 aromatic heterocycles. The van der Waals surface area contributed by atoms with E-state index in [0.717, 1.165) is 6.42 Å². The van der Waals surface area contributed by atoms with Crippen molar-refractivity contribution in [1.29, 1.82) is 0 Å². The standard InChI is InChI=1S/C10H14N2/c1-7-5-4-6-9-8(2)11-12(3)10(7)9/h1,4-6H2,2-3H3. The summed E-state index contributed by atoms with van der Waals surface area (Å²) >= 11 is 0. The van der Waals surface area contributed by atoms with Crippen molar-refractivity contribution < 1.29 is 0 Å². The third-order valence-corrected chi connectivity index (χ3v) is 2.59. The largest absolute Gasteiger partial charge is 0.268 e. The molecule has 1 aromatic rings. The van der Waals surface area contributed by atoms with Crippen molar-refractivity contribution in [3.8, 4) is 0 Å². The van der Waals surface area contributed by atoms with E-state index in [9.17, 15) is 0 Å². The molecule has 2 rings (SSSR count). The minimum absolute atomic E-state index is 1.13. The Balaban J connectivity index is 2.62. The fraction of sp³-hybridized carbons (Fsp3) is 0.500. The van der Waals surface area contributed by atoms with E-state index in [1.54, 1.807) is 0 Å². The van der Waals surface area contributed by atoms with E-state index in [2.05, 4.69) is 18.6 Å². The van der Waals surface area contributed by atoms with Gasteiger partial charge in [0.15, 0.2) is 0 Å². The predicted molar refractivity (Wildman–Crippen MR) is 49.9 cm³/mol. The Labute approximate surface area is 72.9 Å². The van der Waals surface area contributed by atoms with Crippen LogP contribution < -0.4 is 0 Å². The molecule has 0 bridgehead atoms. The number of fused-ring (bicyclic) bond motifs is 1. The molecule has 0 spiro atoms. The van der Waals surface area contributed by atoms with E-state index in [0.29, 0.717) is 0 Å². The van der Waals surface area contributed by atoms with Gasteiger partial charge in [0.2, 0.25) is 0 Å². The van der Waals surface area contributed by atoms with Crippen molar-refractivity contribution in [1.82, 2.24) is 9.78 Å². The van der Waals surface area contributed by atoms with Crippen molar-refractivity contribution >= 4 is 5.57 Å². The molecule has 0 aliphatic heterocycles. The van der Waals surface area contributed by atoms with Crippen molar-refractivity contribution in [3.05, 3.63) is 23.5 Å². The first kappa shape index (κ1) is 7.59. The fourth-order valence-corrected chi connectivity index (χ4v) is 2.04. The second-order valence-electron chi connectivity index (χ2n) is 3.49. The highest BCUT2D eigenvalue weighted by molar-refractivity contribution is 5.65. The van der Waals surface area contributed by atoms with E-state index in [1.165, 1.54) is 35.4 Å². The van der Waals surface area contributed by atoms with E-state index < -0.39 is 0 Å². The van der Waals surface area contributed by atoms with Crippen LogP contribution in [0, 0.1) is 6.92 Å². The molecular weight excluding hydrogens is 148 g/mol. The topological polar surface area (TPSA) is 17.8 Å². The zero-order chi connectivity index (χ0) is 8.72. The third kappa shape index (κ3) is 0.909. The number of allylic oxidation sites excluding steroid dienone is 1. The number of aryl methyl sites for hydroxylation is 2. The second kappa shape index (κ2) is 2.47. The Bertz CT molecular complexity index is 334. The highest BCUT2D eigenvalue weighted by Crippen LogP contribution is 2.30. The number of aromatic nitrogens is 2. The van der Waals surface area contributed by atoms with Gasteiger partial charge in [0.05, 0.1) is 11.4 Å². The summed E-state index contributed by atoms with van der Waals surface area (Å²) < 4.78 is 1.96. The van der Waals surface area contributed by atoms with Crippen LogP contribution in [0.3, 0.4) is 0 Å². The summed E-state index contributed by atoms with van der Waals surface area (Å²) in [5.41, 5.74) is 5.11. The molecule has 0 saturated carbocycles. The van der Waals surface area contributed by atoms with Crippen LogP contribution >= 0.6 is 0 Å². The average Bonchev–Trinajstić information content (AvgIpc) is 2.29. The Morgan fingerprint density at radius 2 is 2.17 bits per heavy atom. The molecule has 0 amide bonds. The van der Waals surface area contributed by atoms with Crippen LogP contribution in [0.4, 0.5) is 0 Å². The Kier molecular flexibility index (Phi) is 1.56. The van der Waals surface area contributed by atoms with Crippen LogP contribution in [-0.4, -0.2) is 9.78 Å². The van der Waals surface area contributed by atoms with Crippen LogP contribution in [0.15, 0.2) is 6.58 Å². The summed E-state index contributed by atoms with van der Waals surface area (Å²) in [7, 11) is 2.00. The average molecular weight is 162 g/mol. The van der Waals surface area contributed by atoms with E-state index in [1.807, 2.05) is 11.7 Å². The number of hydrogen-bond donors (Lipinski definition) is 0. The van der Waals surface area contributed by atoms with Gasteiger partial charge in [0.25, 0.3) is 0 Å². The van der Waals surface area contributed by atoms with Crippen molar-refractivity contribution in [3.63, 3.8) is 0 Å². The Morgan fingerprint density at radius 3 is 2.83 bits per heavy atom. The minimum atomic E-state index is 1.13. The lowest BCUT2D eigenvalue weighted by Crippen LogP contribution is -2.04. The van der Waals surface area contributed by atoms with Crippen LogP contribution in [0.25, 0.3) is 5.57 Å². The summed E-state index contributed by atoms with van der Waals surface area (Å²) in [6.45, 7) is 6.15. The monoisotopic (exact) mass is 162 g/mol. The lowest BCUT2D eigenvalue weighted by atomic mass is 9.92. The molecular formula is C10H14N2. The van der Waals surface area contributed by atoms with E-state index in [-0.39, 0.29) is 0 Å². The van der Waals surface area contributed by atoms with Gasteiger partial charge in [0, 0.05) is 12.6 Å². The molecule has 0 atom stereocenters. The zero-order valence-electron chi connectivity index (χ0n) is 7.72. The summed E-state index contributed by atoms with van der Waals surface area (Å²) in [6.07, 6.45) is 3.54. The van der Waals surface area contributed by atoms with Gasteiger partial charge < -0.3 is 0 Å². The van der Waals surface area contributed by atoms with Gasteiger partial charge in [-0.2, -0.15) is 5.10 Å². The summed E-state index contributed by atoms with van der Waals surface area (Å²) in [6, 6.07) is 0. The van der Waals surface area contributed by atoms with Crippen molar-refractivity contribution in [2.24, 2.45) is 7.05 Å². The second-order valence-corrected chi connectivity index (χ2v) is 3.49. The Morgan fingerprint density at radius 1 is 1.42 bits per heavy atom. The number of hydrogen-bond acceptors (Lipinski definition) is 1. The SMILES string of the molecule is C=C1CCCc2c(C)nn(C)c21. The van der Waals surface area contributed by atoms with Gasteiger partial charge in [-0.3, -0.25) is 4.68 Å². The van der Waals surface area contributed by atoms with Gasteiger partial charge in [-0.05, 0) is 31.8 Å². The third-order valence-electron chi connectivity index (χ3n) is 2.59. The quantitative estimate of drug-likeness (QED) is 0.571. The lowest BCUT2D eigenvalue weighted by molar-refractivity contribution is 0.729. The molecule has 64 valence electrons. The van der Waals surface area contributed by atoms with E-state index in [4.69, 9.17) is 0 Å². The van der Waals surface area contributed by atoms with Gasteiger partial charge >= 0.3 is 0 Å². The molecule has 2 heteroatoms. The molecule has 0 saturated heterocycles. The van der Waals surface area contributed by atoms with Crippen LogP contribution in [0.2, 0.25) is 0 Å². The molecule has 0 unspecified atom stereocenters. The van der Waals surface area contributed by atoms with Crippen LogP contribution in [0.5, 0.6) is 0 Å². The molecule has 0 fully saturated rings. The van der Waals surface area contributed by atoms with Gasteiger partial charge in [0.1, 0.15) is 0 Å². The van der Waals surface area contributed by atoms with Crippen LogP contribution in [0.1, 0.15) is 29.8 Å².